The molecule has 0 saturated carbocycles. The number of hydrogen-bond donors (Lipinski definition) is 1. The highest BCUT2D eigenvalue weighted by Gasteiger charge is 2.34. The molecule has 0 aromatic heterocycles. The zero-order valence-electron chi connectivity index (χ0n) is 14.0. The fourth-order valence-electron chi connectivity index (χ4n) is 3.78. The van der Waals surface area contributed by atoms with Crippen LogP contribution in [0.4, 0.5) is 4.39 Å². The van der Waals surface area contributed by atoms with Crippen LogP contribution < -0.4 is 5.32 Å². The lowest BCUT2D eigenvalue weighted by Gasteiger charge is -2.39. The van der Waals surface area contributed by atoms with Crippen LogP contribution in [0.3, 0.4) is 0 Å². The quantitative estimate of drug-likeness (QED) is 0.900. The van der Waals surface area contributed by atoms with Crippen molar-refractivity contribution in [2.45, 2.75) is 38.1 Å². The SMILES string of the molecule is O=C(CCc1ccccc1F)N[C@@H]1CCOC[C@@H]1C1CCOCC1. The van der Waals surface area contributed by atoms with Gasteiger partial charge in [-0.25, -0.2) is 4.39 Å². The van der Waals surface area contributed by atoms with Gasteiger partial charge in [0.2, 0.25) is 5.91 Å². The van der Waals surface area contributed by atoms with Crippen molar-refractivity contribution in [3.8, 4) is 0 Å². The van der Waals surface area contributed by atoms with Gasteiger partial charge in [-0.15, -0.1) is 0 Å². The largest absolute Gasteiger partial charge is 0.381 e. The summed E-state index contributed by atoms with van der Waals surface area (Å²) < 4.78 is 24.7. The van der Waals surface area contributed by atoms with Crippen molar-refractivity contribution in [3.05, 3.63) is 35.6 Å². The summed E-state index contributed by atoms with van der Waals surface area (Å²) in [4.78, 5) is 12.3. The predicted molar refractivity (Wildman–Crippen MR) is 89.1 cm³/mol. The highest BCUT2D eigenvalue weighted by Crippen LogP contribution is 2.30. The molecule has 0 radical (unpaired) electrons. The number of halogens is 1. The number of carbonyl (C=O) groups excluding carboxylic acids is 1. The van der Waals surface area contributed by atoms with Crippen LogP contribution in [0.15, 0.2) is 24.3 Å². The third kappa shape index (κ3) is 4.54. The monoisotopic (exact) mass is 335 g/mol. The van der Waals surface area contributed by atoms with Gasteiger partial charge in [0.1, 0.15) is 5.82 Å². The summed E-state index contributed by atoms with van der Waals surface area (Å²) in [5.74, 6) is 0.676. The third-order valence-corrected chi connectivity index (χ3v) is 5.20. The minimum atomic E-state index is -0.239. The normalized spacial score (nSPS) is 25.4. The molecule has 5 heteroatoms. The summed E-state index contributed by atoms with van der Waals surface area (Å²) in [7, 11) is 0. The van der Waals surface area contributed by atoms with E-state index in [0.717, 1.165) is 32.5 Å². The van der Waals surface area contributed by atoms with Crippen LogP contribution in [0, 0.1) is 17.7 Å². The van der Waals surface area contributed by atoms with Gasteiger partial charge in [-0.1, -0.05) is 18.2 Å². The van der Waals surface area contributed by atoms with Crippen molar-refractivity contribution in [1.82, 2.24) is 5.32 Å². The van der Waals surface area contributed by atoms with E-state index in [1.54, 1.807) is 18.2 Å². The lowest BCUT2D eigenvalue weighted by Crippen LogP contribution is -2.49. The molecule has 3 rings (SSSR count). The molecule has 1 aromatic carbocycles. The zero-order valence-corrected chi connectivity index (χ0v) is 14.0. The van der Waals surface area contributed by atoms with E-state index in [1.807, 2.05) is 0 Å². The topological polar surface area (TPSA) is 47.6 Å². The van der Waals surface area contributed by atoms with Crippen LogP contribution in [0.1, 0.15) is 31.2 Å². The molecule has 2 aliphatic heterocycles. The number of benzene rings is 1. The summed E-state index contributed by atoms with van der Waals surface area (Å²) >= 11 is 0. The average Bonchev–Trinajstić information content (AvgIpc) is 2.62. The van der Waals surface area contributed by atoms with Crippen molar-refractivity contribution >= 4 is 5.91 Å². The molecule has 0 unspecified atom stereocenters. The number of nitrogens with one attached hydrogen (secondary N) is 1. The Morgan fingerprint density at radius 2 is 1.88 bits per heavy atom. The van der Waals surface area contributed by atoms with Crippen molar-refractivity contribution < 1.29 is 18.7 Å². The van der Waals surface area contributed by atoms with Gasteiger partial charge >= 0.3 is 0 Å². The van der Waals surface area contributed by atoms with Gasteiger partial charge in [0.05, 0.1) is 6.61 Å². The van der Waals surface area contributed by atoms with Gasteiger partial charge in [0.15, 0.2) is 0 Å². The van der Waals surface area contributed by atoms with Crippen molar-refractivity contribution in [3.63, 3.8) is 0 Å². The minimum absolute atomic E-state index is 0.00205. The van der Waals surface area contributed by atoms with Gasteiger partial charge in [0, 0.05) is 38.2 Å². The molecular formula is C19H26FNO3. The van der Waals surface area contributed by atoms with E-state index < -0.39 is 0 Å². The maximum atomic E-state index is 13.6. The fourth-order valence-corrected chi connectivity index (χ4v) is 3.78. The third-order valence-electron chi connectivity index (χ3n) is 5.20. The molecule has 0 spiro atoms. The average molecular weight is 335 g/mol. The van der Waals surface area contributed by atoms with Gasteiger partial charge in [-0.3, -0.25) is 4.79 Å². The molecule has 1 amide bonds. The lowest BCUT2D eigenvalue weighted by molar-refractivity contribution is -0.123. The van der Waals surface area contributed by atoms with E-state index in [-0.39, 0.29) is 17.8 Å². The molecule has 2 atom stereocenters. The Kier molecular flexibility index (Phi) is 6.21. The maximum Gasteiger partial charge on any atom is 0.220 e. The van der Waals surface area contributed by atoms with E-state index in [9.17, 15) is 9.18 Å². The summed E-state index contributed by atoms with van der Waals surface area (Å²) in [6, 6.07) is 6.81. The van der Waals surface area contributed by atoms with Crippen molar-refractivity contribution in [2.24, 2.45) is 11.8 Å². The summed E-state index contributed by atoms with van der Waals surface area (Å²) in [5.41, 5.74) is 0.598. The van der Waals surface area contributed by atoms with Gasteiger partial charge in [-0.05, 0) is 43.2 Å². The molecule has 1 aromatic rings. The molecule has 0 bridgehead atoms. The van der Waals surface area contributed by atoms with Gasteiger partial charge < -0.3 is 14.8 Å². The molecular weight excluding hydrogens is 309 g/mol. The van der Waals surface area contributed by atoms with Gasteiger partial charge in [-0.2, -0.15) is 0 Å². The van der Waals surface area contributed by atoms with E-state index in [0.29, 0.717) is 43.5 Å². The minimum Gasteiger partial charge on any atom is -0.381 e. The Morgan fingerprint density at radius 1 is 1.12 bits per heavy atom. The van der Waals surface area contributed by atoms with E-state index >= 15 is 0 Å². The molecule has 0 aliphatic carbocycles. The Bertz CT molecular complexity index is 545. The number of rotatable bonds is 5. The first kappa shape index (κ1) is 17.4. The van der Waals surface area contributed by atoms with Crippen LogP contribution in [0.5, 0.6) is 0 Å². The second-order valence-electron chi connectivity index (χ2n) is 6.74. The molecule has 132 valence electrons. The first-order valence-corrected chi connectivity index (χ1v) is 8.92. The Hall–Kier alpha value is -1.46. The smallest absolute Gasteiger partial charge is 0.220 e. The van der Waals surface area contributed by atoms with Crippen LogP contribution in [-0.2, 0) is 20.7 Å². The molecule has 2 fully saturated rings. The summed E-state index contributed by atoms with van der Waals surface area (Å²) in [6.45, 7) is 3.01. The van der Waals surface area contributed by atoms with Crippen LogP contribution in [0.2, 0.25) is 0 Å². The number of ether oxygens (including phenoxy) is 2. The van der Waals surface area contributed by atoms with Crippen molar-refractivity contribution in [1.29, 1.82) is 0 Å². The molecule has 24 heavy (non-hydrogen) atoms. The standard InChI is InChI=1S/C19H26FNO3/c20-17-4-2-1-3-15(17)5-6-19(22)21-18-9-12-24-13-16(18)14-7-10-23-11-8-14/h1-4,14,16,18H,5-13H2,(H,21,22)/t16-,18-/m1/s1. The number of hydrogen-bond acceptors (Lipinski definition) is 3. The second kappa shape index (κ2) is 8.58. The van der Waals surface area contributed by atoms with E-state index in [1.165, 1.54) is 6.07 Å². The number of aryl methyl sites for hydroxylation is 1. The first-order chi connectivity index (χ1) is 11.7. The Balaban J connectivity index is 1.52. The number of carbonyl (C=O) groups is 1. The number of amides is 1. The van der Waals surface area contributed by atoms with Crippen molar-refractivity contribution in [2.75, 3.05) is 26.4 Å². The highest BCUT2D eigenvalue weighted by atomic mass is 19.1. The summed E-state index contributed by atoms with van der Waals surface area (Å²) in [6.07, 6.45) is 3.68. The van der Waals surface area contributed by atoms with Crippen LogP contribution >= 0.6 is 0 Å². The van der Waals surface area contributed by atoms with Gasteiger partial charge in [0.25, 0.3) is 0 Å². The Morgan fingerprint density at radius 3 is 2.67 bits per heavy atom. The second-order valence-corrected chi connectivity index (χ2v) is 6.74. The molecule has 2 aliphatic rings. The molecule has 4 nitrogen and oxygen atoms in total. The molecule has 1 N–H and O–H groups in total. The summed E-state index contributed by atoms with van der Waals surface area (Å²) in [5, 5.41) is 3.17. The zero-order chi connectivity index (χ0) is 16.8. The van der Waals surface area contributed by atoms with Crippen LogP contribution in [-0.4, -0.2) is 38.4 Å². The molecule has 2 saturated heterocycles. The van der Waals surface area contributed by atoms with Crippen LogP contribution in [0.25, 0.3) is 0 Å². The fraction of sp³-hybridized carbons (Fsp3) is 0.632. The predicted octanol–water partition coefficient (Wildman–Crippen LogP) is 2.71. The maximum absolute atomic E-state index is 13.6. The Labute approximate surface area is 142 Å². The molecule has 2 heterocycles. The lowest BCUT2D eigenvalue weighted by atomic mass is 9.79. The first-order valence-electron chi connectivity index (χ1n) is 8.92. The van der Waals surface area contributed by atoms with E-state index in [4.69, 9.17) is 9.47 Å². The van der Waals surface area contributed by atoms with E-state index in [2.05, 4.69) is 5.32 Å². The highest BCUT2D eigenvalue weighted by molar-refractivity contribution is 5.76.